The van der Waals surface area contributed by atoms with Gasteiger partial charge in [0, 0.05) is 18.6 Å². The van der Waals surface area contributed by atoms with E-state index in [0.717, 1.165) is 13.1 Å². The molecule has 0 unspecified atom stereocenters. The van der Waals surface area contributed by atoms with Crippen LogP contribution in [-0.2, 0) is 6.54 Å². The first-order valence-electron chi connectivity index (χ1n) is 7.55. The number of benzene rings is 1. The Balaban J connectivity index is 2.87. The van der Waals surface area contributed by atoms with Gasteiger partial charge in [0.25, 0.3) is 0 Å². The molecule has 0 bridgehead atoms. The summed E-state index contributed by atoms with van der Waals surface area (Å²) in [4.78, 5) is 2.47. The number of aryl methyl sites for hydroxylation is 1. The van der Waals surface area contributed by atoms with Gasteiger partial charge in [0.15, 0.2) is 0 Å². The van der Waals surface area contributed by atoms with Gasteiger partial charge >= 0.3 is 0 Å². The molecule has 0 heterocycles. The number of nitrogens with zero attached hydrogens (tertiary/aromatic N) is 1. The van der Waals surface area contributed by atoms with Crippen molar-refractivity contribution in [1.82, 2.24) is 4.90 Å². The second-order valence-corrected chi connectivity index (χ2v) is 5.71. The van der Waals surface area contributed by atoms with Crippen LogP contribution in [0.2, 0.25) is 0 Å². The van der Waals surface area contributed by atoms with Crippen LogP contribution in [0.15, 0.2) is 24.3 Å². The third-order valence-corrected chi connectivity index (χ3v) is 4.29. The topological polar surface area (TPSA) is 29.3 Å². The normalized spacial score (nSPS) is 12.1. The fourth-order valence-corrected chi connectivity index (χ4v) is 3.01. The van der Waals surface area contributed by atoms with Crippen LogP contribution in [0.1, 0.15) is 50.7 Å². The van der Waals surface area contributed by atoms with Crippen molar-refractivity contribution in [2.75, 3.05) is 13.6 Å². The lowest BCUT2D eigenvalue weighted by molar-refractivity contribution is 0.0953. The van der Waals surface area contributed by atoms with E-state index >= 15 is 0 Å². The van der Waals surface area contributed by atoms with Crippen molar-refractivity contribution in [3.8, 4) is 0 Å². The summed E-state index contributed by atoms with van der Waals surface area (Å²) in [6.07, 6.45) is 4.74. The maximum Gasteiger partial charge on any atom is 0.0332 e. The first-order valence-corrected chi connectivity index (χ1v) is 7.55. The van der Waals surface area contributed by atoms with E-state index in [4.69, 9.17) is 5.73 Å². The lowest BCUT2D eigenvalue weighted by atomic mass is 9.86. The third-order valence-electron chi connectivity index (χ3n) is 4.29. The van der Waals surface area contributed by atoms with Crippen LogP contribution in [0.5, 0.6) is 0 Å². The van der Waals surface area contributed by atoms with Gasteiger partial charge in [-0.25, -0.2) is 0 Å². The maximum absolute atomic E-state index is 6.13. The highest BCUT2D eigenvalue weighted by atomic mass is 15.2. The summed E-state index contributed by atoms with van der Waals surface area (Å²) in [5.74, 6) is 0. The monoisotopic (exact) mass is 262 g/mol. The van der Waals surface area contributed by atoms with Crippen LogP contribution >= 0.6 is 0 Å². The Morgan fingerprint density at radius 3 is 2.16 bits per heavy atom. The average Bonchev–Trinajstić information content (AvgIpc) is 2.41. The van der Waals surface area contributed by atoms with Crippen molar-refractivity contribution in [3.05, 3.63) is 35.4 Å². The zero-order valence-electron chi connectivity index (χ0n) is 13.1. The van der Waals surface area contributed by atoms with Gasteiger partial charge in [0.1, 0.15) is 0 Å². The molecule has 0 aliphatic heterocycles. The molecule has 1 rings (SSSR count). The van der Waals surface area contributed by atoms with Gasteiger partial charge in [0.2, 0.25) is 0 Å². The molecule has 0 aliphatic carbocycles. The second kappa shape index (κ2) is 7.66. The molecule has 2 heteroatoms. The van der Waals surface area contributed by atoms with Crippen LogP contribution in [0.25, 0.3) is 0 Å². The Hall–Kier alpha value is -0.860. The summed E-state index contributed by atoms with van der Waals surface area (Å²) in [5.41, 5.74) is 9.07. The lowest BCUT2D eigenvalue weighted by Gasteiger charge is -2.41. The number of nitrogens with two attached hydrogens (primary N) is 1. The van der Waals surface area contributed by atoms with Gasteiger partial charge in [0.05, 0.1) is 0 Å². The molecule has 19 heavy (non-hydrogen) atoms. The molecule has 108 valence electrons. The van der Waals surface area contributed by atoms with Crippen molar-refractivity contribution in [3.63, 3.8) is 0 Å². The Kier molecular flexibility index (Phi) is 6.53. The molecule has 0 atom stereocenters. The zero-order chi connectivity index (χ0) is 14.3. The summed E-state index contributed by atoms with van der Waals surface area (Å²) in [6, 6.07) is 8.64. The number of hydrogen-bond acceptors (Lipinski definition) is 2. The standard InChI is InChI=1S/C17H30N2/c1-5-11-17(14-18,12-6-2)19(4)13-16-10-8-7-9-15(16)3/h7-10H,5-6,11-14,18H2,1-4H3. The molecule has 1 aromatic rings. The number of hydrogen-bond donors (Lipinski definition) is 1. The Morgan fingerprint density at radius 1 is 1.11 bits per heavy atom. The van der Waals surface area contributed by atoms with E-state index in [1.807, 2.05) is 0 Å². The minimum atomic E-state index is 0.159. The third kappa shape index (κ3) is 4.05. The van der Waals surface area contributed by atoms with E-state index in [1.54, 1.807) is 0 Å². The quantitative estimate of drug-likeness (QED) is 0.773. The maximum atomic E-state index is 6.13. The van der Waals surface area contributed by atoms with Crippen molar-refractivity contribution in [1.29, 1.82) is 0 Å². The summed E-state index contributed by atoms with van der Waals surface area (Å²) >= 11 is 0. The molecule has 0 aromatic heterocycles. The van der Waals surface area contributed by atoms with Crippen molar-refractivity contribution >= 4 is 0 Å². The molecule has 1 aromatic carbocycles. The highest BCUT2D eigenvalue weighted by Crippen LogP contribution is 2.27. The van der Waals surface area contributed by atoms with E-state index in [2.05, 4.69) is 57.0 Å². The SMILES string of the molecule is CCCC(CN)(CCC)N(C)Cc1ccccc1C. The summed E-state index contributed by atoms with van der Waals surface area (Å²) in [6.45, 7) is 8.43. The number of rotatable bonds is 8. The van der Waals surface area contributed by atoms with Gasteiger partial charge in [-0.15, -0.1) is 0 Å². The molecule has 0 saturated carbocycles. The van der Waals surface area contributed by atoms with Gasteiger partial charge in [-0.3, -0.25) is 4.90 Å². The molecule has 0 amide bonds. The van der Waals surface area contributed by atoms with Crippen LogP contribution in [-0.4, -0.2) is 24.0 Å². The zero-order valence-corrected chi connectivity index (χ0v) is 13.1. The van der Waals surface area contributed by atoms with Gasteiger partial charge in [-0.1, -0.05) is 51.0 Å². The Labute approximate surface area is 119 Å². The fraction of sp³-hybridized carbons (Fsp3) is 0.647. The molecular weight excluding hydrogens is 232 g/mol. The van der Waals surface area contributed by atoms with E-state index < -0.39 is 0 Å². The molecule has 0 fully saturated rings. The molecule has 2 N–H and O–H groups in total. The molecule has 0 radical (unpaired) electrons. The molecule has 2 nitrogen and oxygen atoms in total. The fourth-order valence-electron chi connectivity index (χ4n) is 3.01. The number of likely N-dealkylation sites (N-methyl/N-ethyl adjacent to an activating group) is 1. The largest absolute Gasteiger partial charge is 0.329 e. The molecule has 0 aliphatic rings. The first kappa shape index (κ1) is 16.2. The molecule has 0 saturated heterocycles. The van der Waals surface area contributed by atoms with Crippen LogP contribution < -0.4 is 5.73 Å². The highest BCUT2D eigenvalue weighted by Gasteiger charge is 2.31. The Bertz CT molecular complexity index is 367. The lowest BCUT2D eigenvalue weighted by Crippen LogP contribution is -2.51. The van der Waals surface area contributed by atoms with Crippen LogP contribution in [0.3, 0.4) is 0 Å². The van der Waals surface area contributed by atoms with Crippen molar-refractivity contribution < 1.29 is 0 Å². The summed E-state index contributed by atoms with van der Waals surface area (Å²) in [5, 5.41) is 0. The van der Waals surface area contributed by atoms with Crippen LogP contribution in [0.4, 0.5) is 0 Å². The smallest absolute Gasteiger partial charge is 0.0332 e. The van der Waals surface area contributed by atoms with E-state index in [0.29, 0.717) is 0 Å². The predicted octanol–water partition coefficient (Wildman–Crippen LogP) is 3.72. The van der Waals surface area contributed by atoms with Gasteiger partial charge in [-0.2, -0.15) is 0 Å². The highest BCUT2D eigenvalue weighted by molar-refractivity contribution is 5.25. The minimum absolute atomic E-state index is 0.159. The van der Waals surface area contributed by atoms with Crippen molar-refractivity contribution in [2.45, 2.75) is 58.5 Å². The van der Waals surface area contributed by atoms with E-state index in [-0.39, 0.29) is 5.54 Å². The summed E-state index contributed by atoms with van der Waals surface area (Å²) in [7, 11) is 2.23. The van der Waals surface area contributed by atoms with Crippen molar-refractivity contribution in [2.24, 2.45) is 5.73 Å². The van der Waals surface area contributed by atoms with E-state index in [1.165, 1.54) is 36.8 Å². The minimum Gasteiger partial charge on any atom is -0.329 e. The first-order chi connectivity index (χ1) is 9.09. The van der Waals surface area contributed by atoms with Gasteiger partial charge < -0.3 is 5.73 Å². The van der Waals surface area contributed by atoms with Gasteiger partial charge in [-0.05, 0) is 37.9 Å². The predicted molar refractivity (Wildman–Crippen MR) is 84.2 cm³/mol. The van der Waals surface area contributed by atoms with Crippen LogP contribution in [0, 0.1) is 6.92 Å². The average molecular weight is 262 g/mol. The molecule has 0 spiro atoms. The molecular formula is C17H30N2. The van der Waals surface area contributed by atoms with E-state index in [9.17, 15) is 0 Å². The summed E-state index contributed by atoms with van der Waals surface area (Å²) < 4.78 is 0. The second-order valence-electron chi connectivity index (χ2n) is 5.71. The Morgan fingerprint density at radius 2 is 1.68 bits per heavy atom.